The zero-order chi connectivity index (χ0) is 9.19. The van der Waals surface area contributed by atoms with Crippen LogP contribution in [-0.2, 0) is 4.74 Å². The summed E-state index contributed by atoms with van der Waals surface area (Å²) in [5.74, 6) is 0. The summed E-state index contributed by atoms with van der Waals surface area (Å²) in [6, 6.07) is 0. The smallest absolute Gasteiger partial charge is 0.107 e. The monoisotopic (exact) mass is 174 g/mol. The van der Waals surface area contributed by atoms with Gasteiger partial charge in [0.1, 0.15) is 6.10 Å². The Hall–Kier alpha value is -0.120. The highest BCUT2D eigenvalue weighted by molar-refractivity contribution is 4.92. The molecule has 3 atom stereocenters. The Morgan fingerprint density at radius 3 is 2.67 bits per heavy atom. The zero-order valence-corrected chi connectivity index (χ0v) is 7.79. The fourth-order valence-corrected chi connectivity index (χ4v) is 1.87. The molecule has 1 aliphatic rings. The Kier molecular flexibility index (Phi) is 3.09. The molecule has 3 unspecified atom stereocenters. The third-order valence-electron chi connectivity index (χ3n) is 2.69. The van der Waals surface area contributed by atoms with E-state index >= 15 is 0 Å². The molecule has 0 amide bonds. The molecule has 2 N–H and O–H groups in total. The number of hydrogen-bond donors (Lipinski definition) is 2. The van der Waals surface area contributed by atoms with Crippen LogP contribution in [0.2, 0.25) is 0 Å². The highest BCUT2D eigenvalue weighted by Crippen LogP contribution is 2.36. The van der Waals surface area contributed by atoms with E-state index in [1.54, 1.807) is 0 Å². The topological polar surface area (TPSA) is 49.7 Å². The molecular formula is C9H18O3. The van der Waals surface area contributed by atoms with Gasteiger partial charge in [0.15, 0.2) is 0 Å². The molecule has 0 saturated carbocycles. The van der Waals surface area contributed by atoms with Crippen molar-refractivity contribution >= 4 is 0 Å². The summed E-state index contributed by atoms with van der Waals surface area (Å²) in [5.41, 5.74) is -0.151. The molecule has 0 radical (unpaired) electrons. The van der Waals surface area contributed by atoms with Crippen LogP contribution in [0, 0.1) is 5.41 Å². The predicted octanol–water partition coefficient (Wildman–Crippen LogP) is 0.545. The second-order valence-electron chi connectivity index (χ2n) is 3.88. The van der Waals surface area contributed by atoms with Gasteiger partial charge < -0.3 is 14.9 Å². The van der Waals surface area contributed by atoms with Crippen molar-refractivity contribution in [1.29, 1.82) is 0 Å². The number of ether oxygens (including phenoxy) is 1. The zero-order valence-electron chi connectivity index (χ0n) is 7.79. The number of hydrogen-bond acceptors (Lipinski definition) is 3. The van der Waals surface area contributed by atoms with Crippen molar-refractivity contribution in [2.75, 3.05) is 13.2 Å². The van der Waals surface area contributed by atoms with Gasteiger partial charge >= 0.3 is 0 Å². The molecular weight excluding hydrogens is 156 g/mol. The third-order valence-corrected chi connectivity index (χ3v) is 2.69. The van der Waals surface area contributed by atoms with Crippen molar-refractivity contribution in [3.05, 3.63) is 0 Å². The largest absolute Gasteiger partial charge is 0.394 e. The first-order valence-corrected chi connectivity index (χ1v) is 4.54. The van der Waals surface area contributed by atoms with Crippen LogP contribution >= 0.6 is 0 Å². The summed E-state index contributed by atoms with van der Waals surface area (Å²) in [6.45, 7) is 4.58. The average molecular weight is 174 g/mol. The fourth-order valence-electron chi connectivity index (χ4n) is 1.87. The molecule has 1 aliphatic heterocycles. The van der Waals surface area contributed by atoms with E-state index in [1.807, 2.05) is 6.92 Å². The first-order valence-electron chi connectivity index (χ1n) is 4.54. The van der Waals surface area contributed by atoms with Gasteiger partial charge in [0.05, 0.1) is 19.3 Å². The van der Waals surface area contributed by atoms with Gasteiger partial charge in [-0.2, -0.15) is 0 Å². The Morgan fingerprint density at radius 1 is 1.58 bits per heavy atom. The van der Waals surface area contributed by atoms with E-state index in [0.717, 1.165) is 12.8 Å². The molecule has 12 heavy (non-hydrogen) atoms. The lowest BCUT2D eigenvalue weighted by Crippen LogP contribution is -2.36. The van der Waals surface area contributed by atoms with Gasteiger partial charge in [-0.25, -0.2) is 0 Å². The van der Waals surface area contributed by atoms with Crippen molar-refractivity contribution in [3.8, 4) is 0 Å². The van der Waals surface area contributed by atoms with Gasteiger partial charge in [0, 0.05) is 5.41 Å². The summed E-state index contributed by atoms with van der Waals surface area (Å²) in [6.07, 6.45) is 1.10. The number of rotatable bonds is 3. The minimum absolute atomic E-state index is 0.0829. The molecule has 0 bridgehead atoms. The maximum Gasteiger partial charge on any atom is 0.107 e. The predicted molar refractivity (Wildman–Crippen MR) is 45.8 cm³/mol. The van der Waals surface area contributed by atoms with E-state index in [9.17, 15) is 5.11 Å². The van der Waals surface area contributed by atoms with Gasteiger partial charge in [-0.3, -0.25) is 0 Å². The van der Waals surface area contributed by atoms with Crippen LogP contribution in [0.1, 0.15) is 26.7 Å². The maximum atomic E-state index is 9.75. The first-order chi connectivity index (χ1) is 5.64. The van der Waals surface area contributed by atoms with E-state index in [2.05, 4.69) is 6.92 Å². The van der Waals surface area contributed by atoms with Crippen LogP contribution in [0.5, 0.6) is 0 Å². The molecule has 1 fully saturated rings. The Bertz CT molecular complexity index is 149. The normalized spacial score (nSPS) is 42.0. The second-order valence-corrected chi connectivity index (χ2v) is 3.88. The highest BCUT2D eigenvalue weighted by atomic mass is 16.5. The van der Waals surface area contributed by atoms with E-state index < -0.39 is 6.10 Å². The van der Waals surface area contributed by atoms with E-state index in [4.69, 9.17) is 9.84 Å². The lowest BCUT2D eigenvalue weighted by molar-refractivity contribution is -0.00524. The number of aliphatic hydroxyl groups excluding tert-OH is 2. The molecule has 3 heteroatoms. The van der Waals surface area contributed by atoms with Gasteiger partial charge in [0.25, 0.3) is 0 Å². The van der Waals surface area contributed by atoms with Crippen molar-refractivity contribution in [2.24, 2.45) is 5.41 Å². The quantitative estimate of drug-likeness (QED) is 0.656. The van der Waals surface area contributed by atoms with Crippen LogP contribution in [-0.4, -0.2) is 35.6 Å². The SMILES string of the molecule is CCCC1(C)COC(CO)C1O. The van der Waals surface area contributed by atoms with Crippen LogP contribution in [0.15, 0.2) is 0 Å². The van der Waals surface area contributed by atoms with Crippen LogP contribution in [0.25, 0.3) is 0 Å². The molecule has 1 heterocycles. The molecule has 0 aliphatic carbocycles. The highest BCUT2D eigenvalue weighted by Gasteiger charge is 2.44. The molecule has 1 saturated heterocycles. The van der Waals surface area contributed by atoms with E-state index in [0.29, 0.717) is 6.61 Å². The summed E-state index contributed by atoms with van der Waals surface area (Å²) in [5, 5.41) is 18.6. The lowest BCUT2D eigenvalue weighted by Gasteiger charge is -2.26. The molecule has 0 spiro atoms. The van der Waals surface area contributed by atoms with Gasteiger partial charge in [0.2, 0.25) is 0 Å². The maximum absolute atomic E-state index is 9.75. The standard InChI is InChI=1S/C9H18O3/c1-3-4-9(2)6-12-7(5-10)8(9)11/h7-8,10-11H,3-6H2,1-2H3. The van der Waals surface area contributed by atoms with Crippen molar-refractivity contribution in [2.45, 2.75) is 38.9 Å². The minimum atomic E-state index is -0.512. The van der Waals surface area contributed by atoms with Gasteiger partial charge in [-0.1, -0.05) is 20.3 Å². The van der Waals surface area contributed by atoms with E-state index in [-0.39, 0.29) is 18.1 Å². The second kappa shape index (κ2) is 3.73. The van der Waals surface area contributed by atoms with E-state index in [1.165, 1.54) is 0 Å². The van der Waals surface area contributed by atoms with Gasteiger partial charge in [-0.15, -0.1) is 0 Å². The molecule has 1 rings (SSSR count). The Morgan fingerprint density at radius 2 is 2.25 bits per heavy atom. The van der Waals surface area contributed by atoms with Crippen LogP contribution in [0.3, 0.4) is 0 Å². The number of aliphatic hydroxyl groups is 2. The van der Waals surface area contributed by atoms with Gasteiger partial charge in [-0.05, 0) is 6.42 Å². The van der Waals surface area contributed by atoms with Crippen LogP contribution in [0.4, 0.5) is 0 Å². The Labute approximate surface area is 73.4 Å². The lowest BCUT2D eigenvalue weighted by atomic mass is 9.81. The first kappa shape index (κ1) is 9.96. The molecule has 0 aromatic rings. The average Bonchev–Trinajstić information content (AvgIpc) is 2.30. The third kappa shape index (κ3) is 1.63. The fraction of sp³-hybridized carbons (Fsp3) is 1.00. The summed E-state index contributed by atoms with van der Waals surface area (Å²) < 4.78 is 5.28. The molecule has 72 valence electrons. The summed E-state index contributed by atoms with van der Waals surface area (Å²) in [7, 11) is 0. The van der Waals surface area contributed by atoms with Crippen LogP contribution < -0.4 is 0 Å². The molecule has 0 aromatic carbocycles. The summed E-state index contributed by atoms with van der Waals surface area (Å²) >= 11 is 0. The van der Waals surface area contributed by atoms with Crippen molar-refractivity contribution < 1.29 is 14.9 Å². The van der Waals surface area contributed by atoms with Crippen molar-refractivity contribution in [1.82, 2.24) is 0 Å². The molecule has 3 nitrogen and oxygen atoms in total. The Balaban J connectivity index is 2.57. The minimum Gasteiger partial charge on any atom is -0.394 e. The summed E-state index contributed by atoms with van der Waals surface area (Å²) in [4.78, 5) is 0. The molecule has 0 aromatic heterocycles. The van der Waals surface area contributed by atoms with Crippen molar-refractivity contribution in [3.63, 3.8) is 0 Å².